The quantitative estimate of drug-likeness (QED) is 0.795. The van der Waals surface area contributed by atoms with Crippen molar-refractivity contribution in [3.63, 3.8) is 0 Å². The van der Waals surface area contributed by atoms with E-state index in [4.69, 9.17) is 4.74 Å². The molecule has 0 amide bonds. The van der Waals surface area contributed by atoms with E-state index in [1.54, 1.807) is 18.3 Å². The molecule has 24 heavy (non-hydrogen) atoms. The van der Waals surface area contributed by atoms with Gasteiger partial charge in [-0.2, -0.15) is 0 Å². The molecule has 0 bridgehead atoms. The summed E-state index contributed by atoms with van der Waals surface area (Å²) in [4.78, 5) is 31.7. The van der Waals surface area contributed by atoms with Crippen molar-refractivity contribution in [2.45, 2.75) is 53.0 Å². The van der Waals surface area contributed by atoms with Crippen molar-refractivity contribution in [1.29, 1.82) is 0 Å². The molecule has 0 aromatic carbocycles. The Hall–Kier alpha value is -1.69. The van der Waals surface area contributed by atoms with Gasteiger partial charge in [-0.05, 0) is 43.6 Å². The van der Waals surface area contributed by atoms with Crippen LogP contribution in [0.1, 0.15) is 50.6 Å². The summed E-state index contributed by atoms with van der Waals surface area (Å²) in [7, 11) is 0. The summed E-state index contributed by atoms with van der Waals surface area (Å²) in [6, 6.07) is -0.661. The van der Waals surface area contributed by atoms with Crippen LogP contribution >= 0.6 is 11.3 Å². The van der Waals surface area contributed by atoms with Crippen LogP contribution in [0.3, 0.4) is 0 Å². The Morgan fingerprint density at radius 1 is 1.46 bits per heavy atom. The molecule has 3 rings (SSSR count). The van der Waals surface area contributed by atoms with Gasteiger partial charge in [0, 0.05) is 4.88 Å². The molecule has 2 atom stereocenters. The zero-order chi connectivity index (χ0) is 17.4. The Kier molecular flexibility index (Phi) is 4.76. The number of aryl methyl sites for hydroxylation is 1. The topological polar surface area (TPSA) is 61.2 Å². The fourth-order valence-electron chi connectivity index (χ4n) is 3.10. The highest BCUT2D eigenvalue weighted by atomic mass is 32.1. The molecular formula is C18H24N2O3S. The van der Waals surface area contributed by atoms with E-state index in [1.165, 1.54) is 15.8 Å². The fraction of sp³-hybridized carbons (Fsp3) is 0.611. The third-order valence-corrected chi connectivity index (χ3v) is 5.72. The average molecular weight is 348 g/mol. The van der Waals surface area contributed by atoms with Crippen LogP contribution in [0.4, 0.5) is 0 Å². The minimum absolute atomic E-state index is 0.124. The number of carbonyl (C=O) groups excluding carboxylic acids is 1. The normalized spacial score (nSPS) is 18.6. The fourth-order valence-corrected chi connectivity index (χ4v) is 4.44. The lowest BCUT2D eigenvalue weighted by Gasteiger charge is -2.18. The molecule has 0 N–H and O–H groups in total. The highest BCUT2D eigenvalue weighted by molar-refractivity contribution is 7.18. The Balaban J connectivity index is 1.97. The van der Waals surface area contributed by atoms with E-state index in [-0.39, 0.29) is 17.4 Å². The second-order valence-electron chi connectivity index (χ2n) is 7.19. The van der Waals surface area contributed by atoms with Crippen molar-refractivity contribution in [1.82, 2.24) is 9.55 Å². The maximum Gasteiger partial charge on any atom is 0.329 e. The number of thiophene rings is 1. The van der Waals surface area contributed by atoms with Crippen molar-refractivity contribution < 1.29 is 9.53 Å². The zero-order valence-corrected chi connectivity index (χ0v) is 15.5. The molecule has 6 heteroatoms. The molecule has 130 valence electrons. The number of esters is 1. The molecular weight excluding hydrogens is 324 g/mol. The summed E-state index contributed by atoms with van der Waals surface area (Å²) in [5, 5.41) is 0.702. The molecule has 1 aliphatic rings. The van der Waals surface area contributed by atoms with Gasteiger partial charge in [0.25, 0.3) is 5.56 Å². The van der Waals surface area contributed by atoms with Crippen LogP contribution < -0.4 is 5.56 Å². The Morgan fingerprint density at radius 3 is 2.92 bits per heavy atom. The third-order valence-electron chi connectivity index (χ3n) is 4.56. The van der Waals surface area contributed by atoms with E-state index < -0.39 is 6.04 Å². The summed E-state index contributed by atoms with van der Waals surface area (Å²) in [5.74, 6) is 0.534. The zero-order valence-electron chi connectivity index (χ0n) is 14.7. The van der Waals surface area contributed by atoms with Gasteiger partial charge >= 0.3 is 5.97 Å². The van der Waals surface area contributed by atoms with Gasteiger partial charge < -0.3 is 4.74 Å². The molecule has 0 aliphatic heterocycles. The number of hydrogen-bond acceptors (Lipinski definition) is 5. The number of carbonyl (C=O) groups is 1. The largest absolute Gasteiger partial charge is 0.464 e. The smallest absolute Gasteiger partial charge is 0.329 e. The van der Waals surface area contributed by atoms with E-state index in [9.17, 15) is 9.59 Å². The molecule has 5 nitrogen and oxygen atoms in total. The molecule has 2 heterocycles. The van der Waals surface area contributed by atoms with Crippen LogP contribution in [0, 0.1) is 11.8 Å². The lowest BCUT2D eigenvalue weighted by molar-refractivity contribution is -0.148. The van der Waals surface area contributed by atoms with Gasteiger partial charge in [0.05, 0.1) is 18.3 Å². The summed E-state index contributed by atoms with van der Waals surface area (Å²) in [5.41, 5.74) is 1.02. The van der Waals surface area contributed by atoms with Gasteiger partial charge in [0.15, 0.2) is 0 Å². The second kappa shape index (κ2) is 6.67. The number of fused-ring (bicyclic) bond motifs is 3. The van der Waals surface area contributed by atoms with Crippen LogP contribution in [0.15, 0.2) is 11.1 Å². The van der Waals surface area contributed by atoms with E-state index in [0.717, 1.165) is 29.7 Å². The van der Waals surface area contributed by atoms with Gasteiger partial charge in [-0.3, -0.25) is 9.36 Å². The molecule has 2 aromatic rings. The molecule has 0 saturated heterocycles. The van der Waals surface area contributed by atoms with Gasteiger partial charge in [-0.1, -0.05) is 20.8 Å². The number of nitrogens with zero attached hydrogens (tertiary/aromatic N) is 2. The molecule has 1 aliphatic carbocycles. The molecule has 0 saturated carbocycles. The van der Waals surface area contributed by atoms with Gasteiger partial charge in [-0.25, -0.2) is 9.78 Å². The SMILES string of the molecule is CC(C)COC(=O)[C@H](C)n1cnc2sc3c(c2c1=O)CC[C@H](C)C3. The van der Waals surface area contributed by atoms with Crippen LogP contribution in [-0.4, -0.2) is 22.1 Å². The van der Waals surface area contributed by atoms with Crippen molar-refractivity contribution in [2.75, 3.05) is 6.61 Å². The van der Waals surface area contributed by atoms with Crippen LogP contribution in [-0.2, 0) is 22.4 Å². The highest BCUT2D eigenvalue weighted by Crippen LogP contribution is 2.35. The highest BCUT2D eigenvalue weighted by Gasteiger charge is 2.25. The summed E-state index contributed by atoms with van der Waals surface area (Å²) in [6.07, 6.45) is 4.52. The summed E-state index contributed by atoms with van der Waals surface area (Å²) >= 11 is 1.62. The Labute approximate surface area is 145 Å². The predicted octanol–water partition coefficient (Wildman–Crippen LogP) is 3.34. The predicted molar refractivity (Wildman–Crippen MR) is 95.6 cm³/mol. The lowest BCUT2D eigenvalue weighted by atomic mass is 9.89. The van der Waals surface area contributed by atoms with E-state index >= 15 is 0 Å². The van der Waals surface area contributed by atoms with Gasteiger partial charge in [0.1, 0.15) is 10.9 Å². The number of rotatable bonds is 4. The van der Waals surface area contributed by atoms with E-state index in [2.05, 4.69) is 11.9 Å². The second-order valence-corrected chi connectivity index (χ2v) is 8.27. The number of ether oxygens (including phenoxy) is 1. The maximum atomic E-state index is 12.9. The summed E-state index contributed by atoms with van der Waals surface area (Å²) < 4.78 is 6.68. The van der Waals surface area contributed by atoms with Crippen molar-refractivity contribution in [3.05, 3.63) is 27.1 Å². The van der Waals surface area contributed by atoms with E-state index in [0.29, 0.717) is 17.9 Å². The van der Waals surface area contributed by atoms with Crippen LogP contribution in [0.2, 0.25) is 0 Å². The standard InChI is InChI=1S/C18H24N2O3S/c1-10(2)8-23-18(22)12(4)20-9-19-16-15(17(20)21)13-6-5-11(3)7-14(13)24-16/h9-12H,5-8H2,1-4H3/t11-,12-/m0/s1. The van der Waals surface area contributed by atoms with Crippen molar-refractivity contribution in [3.8, 4) is 0 Å². The first kappa shape index (κ1) is 17.1. The first-order valence-electron chi connectivity index (χ1n) is 8.56. The number of aromatic nitrogens is 2. The van der Waals surface area contributed by atoms with Crippen molar-refractivity contribution in [2.24, 2.45) is 11.8 Å². The molecule has 2 aromatic heterocycles. The van der Waals surface area contributed by atoms with Gasteiger partial charge in [-0.15, -0.1) is 11.3 Å². The minimum atomic E-state index is -0.661. The first-order valence-corrected chi connectivity index (χ1v) is 9.38. The molecule has 0 spiro atoms. The Bertz CT molecular complexity index is 822. The van der Waals surface area contributed by atoms with E-state index in [1.807, 2.05) is 13.8 Å². The number of hydrogen-bond donors (Lipinski definition) is 0. The lowest BCUT2D eigenvalue weighted by Crippen LogP contribution is -2.30. The Morgan fingerprint density at radius 2 is 2.21 bits per heavy atom. The van der Waals surface area contributed by atoms with Crippen LogP contribution in [0.5, 0.6) is 0 Å². The average Bonchev–Trinajstić information content (AvgIpc) is 2.90. The molecule has 0 unspecified atom stereocenters. The molecule has 0 radical (unpaired) electrons. The maximum absolute atomic E-state index is 12.9. The van der Waals surface area contributed by atoms with Crippen molar-refractivity contribution >= 4 is 27.5 Å². The minimum Gasteiger partial charge on any atom is -0.464 e. The van der Waals surface area contributed by atoms with Crippen LogP contribution in [0.25, 0.3) is 10.2 Å². The summed E-state index contributed by atoms with van der Waals surface area (Å²) in [6.45, 7) is 8.26. The third kappa shape index (κ3) is 3.11. The van der Waals surface area contributed by atoms with Gasteiger partial charge in [0.2, 0.25) is 0 Å². The monoisotopic (exact) mass is 348 g/mol. The molecule has 0 fully saturated rings. The first-order chi connectivity index (χ1) is 11.4.